The van der Waals surface area contributed by atoms with Gasteiger partial charge in [-0.25, -0.2) is 9.18 Å². The Kier molecular flexibility index (Phi) is 4.12. The van der Waals surface area contributed by atoms with Crippen LogP contribution in [0.2, 0.25) is 5.02 Å². The minimum atomic E-state index is -0.503. The Morgan fingerprint density at radius 2 is 2.00 bits per heavy atom. The fraction of sp³-hybridized carbons (Fsp3) is 0.133. The molecule has 3 aromatic rings. The van der Waals surface area contributed by atoms with Crippen LogP contribution in [0, 0.1) is 5.82 Å². The van der Waals surface area contributed by atoms with Gasteiger partial charge in [0.1, 0.15) is 0 Å². The van der Waals surface area contributed by atoms with Crippen LogP contribution in [0.1, 0.15) is 5.56 Å². The third-order valence-electron chi connectivity index (χ3n) is 3.27. The Hall–Kier alpha value is -2.67. The maximum absolute atomic E-state index is 13.7. The molecule has 1 heterocycles. The molecule has 0 aliphatic rings. The Morgan fingerprint density at radius 3 is 2.70 bits per heavy atom. The van der Waals surface area contributed by atoms with E-state index in [0.29, 0.717) is 16.3 Å². The molecule has 0 aliphatic carbocycles. The van der Waals surface area contributed by atoms with E-state index in [9.17, 15) is 9.18 Å². The lowest BCUT2D eigenvalue weighted by atomic mass is 10.2. The van der Waals surface area contributed by atoms with Crippen LogP contribution in [0.5, 0.6) is 5.75 Å². The number of aromatic nitrogens is 4. The lowest BCUT2D eigenvalue weighted by Gasteiger charge is -2.04. The SMILES string of the molecule is COc1ccc(Cn2nnn(-c3ccccc3Cl)c2=O)cc1F. The van der Waals surface area contributed by atoms with Gasteiger partial charge in [0, 0.05) is 0 Å². The molecule has 6 nitrogen and oxygen atoms in total. The molecule has 0 fully saturated rings. The highest BCUT2D eigenvalue weighted by Crippen LogP contribution is 2.18. The van der Waals surface area contributed by atoms with Gasteiger partial charge in [-0.1, -0.05) is 29.8 Å². The molecule has 0 unspecified atom stereocenters. The number of hydrogen-bond acceptors (Lipinski definition) is 4. The summed E-state index contributed by atoms with van der Waals surface area (Å²) in [4.78, 5) is 12.4. The van der Waals surface area contributed by atoms with Gasteiger partial charge in [0.2, 0.25) is 0 Å². The van der Waals surface area contributed by atoms with Crippen molar-refractivity contribution in [3.05, 3.63) is 69.4 Å². The van der Waals surface area contributed by atoms with Crippen LogP contribution in [-0.2, 0) is 6.54 Å². The van der Waals surface area contributed by atoms with E-state index in [1.807, 2.05) is 0 Å². The van der Waals surface area contributed by atoms with Gasteiger partial charge < -0.3 is 4.74 Å². The van der Waals surface area contributed by atoms with E-state index in [1.165, 1.54) is 19.2 Å². The minimum absolute atomic E-state index is 0.0875. The van der Waals surface area contributed by atoms with Crippen molar-refractivity contribution >= 4 is 11.6 Å². The molecule has 0 aliphatic heterocycles. The highest BCUT2D eigenvalue weighted by molar-refractivity contribution is 6.32. The van der Waals surface area contributed by atoms with E-state index >= 15 is 0 Å². The smallest absolute Gasteiger partial charge is 0.368 e. The average Bonchev–Trinajstić information content (AvgIpc) is 2.89. The number of para-hydroxylation sites is 1. The molecule has 1 aromatic heterocycles. The van der Waals surface area contributed by atoms with Gasteiger partial charge in [-0.05, 0) is 40.3 Å². The van der Waals surface area contributed by atoms with Gasteiger partial charge in [0.05, 0.1) is 24.4 Å². The monoisotopic (exact) mass is 334 g/mol. The van der Waals surface area contributed by atoms with E-state index in [1.54, 1.807) is 30.3 Å². The van der Waals surface area contributed by atoms with Crippen LogP contribution >= 0.6 is 11.6 Å². The Bertz CT molecular complexity index is 906. The molecule has 0 atom stereocenters. The Balaban J connectivity index is 1.93. The van der Waals surface area contributed by atoms with E-state index in [-0.39, 0.29) is 12.3 Å². The molecule has 8 heteroatoms. The number of rotatable bonds is 4. The van der Waals surface area contributed by atoms with Gasteiger partial charge in [-0.2, -0.15) is 9.36 Å². The van der Waals surface area contributed by atoms with Gasteiger partial charge in [0.25, 0.3) is 0 Å². The predicted molar refractivity (Wildman–Crippen MR) is 82.7 cm³/mol. The molecule has 0 amide bonds. The highest BCUT2D eigenvalue weighted by Gasteiger charge is 2.12. The van der Waals surface area contributed by atoms with Crippen molar-refractivity contribution in [3.8, 4) is 11.4 Å². The number of tetrazole rings is 1. The highest BCUT2D eigenvalue weighted by atomic mass is 35.5. The summed E-state index contributed by atoms with van der Waals surface area (Å²) >= 11 is 6.05. The molecule has 0 saturated heterocycles. The summed E-state index contributed by atoms with van der Waals surface area (Å²) in [6, 6.07) is 11.3. The second kappa shape index (κ2) is 6.21. The maximum Gasteiger partial charge on any atom is 0.368 e. The number of methoxy groups -OCH3 is 1. The average molecular weight is 335 g/mol. The zero-order valence-electron chi connectivity index (χ0n) is 12.1. The van der Waals surface area contributed by atoms with Gasteiger partial charge in [0.15, 0.2) is 11.6 Å². The van der Waals surface area contributed by atoms with Crippen molar-refractivity contribution in [2.24, 2.45) is 0 Å². The van der Waals surface area contributed by atoms with Crippen molar-refractivity contribution in [2.75, 3.05) is 7.11 Å². The molecule has 0 radical (unpaired) electrons. The molecule has 0 bridgehead atoms. The van der Waals surface area contributed by atoms with Crippen molar-refractivity contribution in [3.63, 3.8) is 0 Å². The van der Waals surface area contributed by atoms with Crippen molar-refractivity contribution < 1.29 is 9.13 Å². The summed E-state index contributed by atoms with van der Waals surface area (Å²) in [6.07, 6.45) is 0. The largest absolute Gasteiger partial charge is 0.494 e. The summed E-state index contributed by atoms with van der Waals surface area (Å²) in [5.41, 5.74) is 0.539. The number of benzene rings is 2. The lowest BCUT2D eigenvalue weighted by molar-refractivity contribution is 0.386. The minimum Gasteiger partial charge on any atom is -0.494 e. The molecular formula is C15H12ClFN4O2. The van der Waals surface area contributed by atoms with Crippen molar-refractivity contribution in [2.45, 2.75) is 6.54 Å². The van der Waals surface area contributed by atoms with Gasteiger partial charge in [-0.15, -0.1) is 0 Å². The van der Waals surface area contributed by atoms with Crippen LogP contribution in [0.25, 0.3) is 5.69 Å². The van der Waals surface area contributed by atoms with Gasteiger partial charge in [-0.3, -0.25) is 0 Å². The van der Waals surface area contributed by atoms with Crippen LogP contribution in [-0.4, -0.2) is 26.9 Å². The van der Waals surface area contributed by atoms with E-state index in [0.717, 1.165) is 9.36 Å². The topological polar surface area (TPSA) is 61.9 Å². The summed E-state index contributed by atoms with van der Waals surface area (Å²) in [5, 5.41) is 8.01. The molecule has 0 saturated carbocycles. The van der Waals surface area contributed by atoms with Crippen LogP contribution in [0.15, 0.2) is 47.3 Å². The quantitative estimate of drug-likeness (QED) is 0.734. The predicted octanol–water partition coefficient (Wildman–Crippen LogP) is 2.28. The summed E-state index contributed by atoms with van der Waals surface area (Å²) in [7, 11) is 1.39. The third kappa shape index (κ3) is 2.95. The van der Waals surface area contributed by atoms with E-state index < -0.39 is 11.5 Å². The summed E-state index contributed by atoms with van der Waals surface area (Å²) in [5.74, 6) is -0.364. The molecule has 0 spiro atoms. The zero-order chi connectivity index (χ0) is 16.4. The fourth-order valence-corrected chi connectivity index (χ4v) is 2.35. The van der Waals surface area contributed by atoms with Crippen LogP contribution in [0.3, 0.4) is 0 Å². The van der Waals surface area contributed by atoms with Crippen molar-refractivity contribution in [1.29, 1.82) is 0 Å². The third-order valence-corrected chi connectivity index (χ3v) is 3.59. The first-order valence-corrected chi connectivity index (χ1v) is 7.08. The Labute approximate surface area is 135 Å². The van der Waals surface area contributed by atoms with Gasteiger partial charge >= 0.3 is 5.69 Å². The molecule has 2 aromatic carbocycles. The Morgan fingerprint density at radius 1 is 1.22 bits per heavy atom. The molecular weight excluding hydrogens is 323 g/mol. The lowest BCUT2D eigenvalue weighted by Crippen LogP contribution is -2.25. The van der Waals surface area contributed by atoms with E-state index in [2.05, 4.69) is 10.4 Å². The number of ether oxygens (including phenoxy) is 1. The molecule has 0 N–H and O–H groups in total. The van der Waals surface area contributed by atoms with Crippen LogP contribution < -0.4 is 10.4 Å². The summed E-state index contributed by atoms with van der Waals surface area (Å²) < 4.78 is 20.8. The first-order chi connectivity index (χ1) is 11.1. The molecule has 118 valence electrons. The summed E-state index contributed by atoms with van der Waals surface area (Å²) in [6.45, 7) is 0.0875. The standard InChI is InChI=1S/C15H12ClFN4O2/c1-23-14-7-6-10(8-12(14)17)9-20-15(22)21(19-18-20)13-5-3-2-4-11(13)16/h2-8H,9H2,1H3. The van der Waals surface area contributed by atoms with E-state index in [4.69, 9.17) is 16.3 Å². The number of hydrogen-bond donors (Lipinski definition) is 0. The van der Waals surface area contributed by atoms with Crippen molar-refractivity contribution in [1.82, 2.24) is 19.8 Å². The maximum atomic E-state index is 13.7. The normalized spacial score (nSPS) is 10.7. The molecule has 23 heavy (non-hydrogen) atoms. The first kappa shape index (κ1) is 15.2. The zero-order valence-corrected chi connectivity index (χ0v) is 12.9. The molecule has 3 rings (SSSR count). The number of halogens is 2. The number of nitrogens with zero attached hydrogens (tertiary/aromatic N) is 4. The fourth-order valence-electron chi connectivity index (χ4n) is 2.13. The second-order valence-electron chi connectivity index (χ2n) is 4.75. The second-order valence-corrected chi connectivity index (χ2v) is 5.16. The van der Waals surface area contributed by atoms with Crippen LogP contribution in [0.4, 0.5) is 4.39 Å². The first-order valence-electron chi connectivity index (χ1n) is 6.70.